The Bertz CT molecular complexity index is 1160. The van der Waals surface area contributed by atoms with E-state index in [4.69, 9.17) is 14.6 Å². The van der Waals surface area contributed by atoms with Gasteiger partial charge in [-0.2, -0.15) is 5.10 Å². The van der Waals surface area contributed by atoms with Crippen molar-refractivity contribution >= 4 is 5.69 Å². The van der Waals surface area contributed by atoms with Crippen molar-refractivity contribution in [1.82, 2.24) is 14.8 Å². The van der Waals surface area contributed by atoms with E-state index in [0.717, 1.165) is 46.6 Å². The second-order valence-corrected chi connectivity index (χ2v) is 8.73. The molecule has 0 saturated carbocycles. The van der Waals surface area contributed by atoms with Crippen molar-refractivity contribution in [3.8, 4) is 28.3 Å². The number of benzene rings is 1. The van der Waals surface area contributed by atoms with Gasteiger partial charge in [-0.15, -0.1) is 0 Å². The normalized spacial score (nSPS) is 15.9. The van der Waals surface area contributed by atoms with E-state index < -0.39 is 0 Å². The second kappa shape index (κ2) is 9.31. The molecule has 33 heavy (non-hydrogen) atoms. The third-order valence-electron chi connectivity index (χ3n) is 5.89. The first-order chi connectivity index (χ1) is 15.8. The zero-order chi connectivity index (χ0) is 23.7. The van der Waals surface area contributed by atoms with Crippen LogP contribution in [0.25, 0.3) is 22.4 Å². The summed E-state index contributed by atoms with van der Waals surface area (Å²) in [5.74, 6) is 0.560. The van der Waals surface area contributed by atoms with E-state index in [0.29, 0.717) is 24.7 Å². The molecule has 174 valence electrons. The standard InChI is InChI=1S/C25H30N4O4/c1-6-19-13-22(28(27-19)20-9-10-32-14-20)21-8-7-18(12-23(21)29(30)31)25-16(4)11-24(26-17(25)5)33-15(2)3/h7-8,11-13,15,20H,6,9-10,14H2,1-5H3/t20-/m0/s1. The quantitative estimate of drug-likeness (QED) is 0.351. The largest absolute Gasteiger partial charge is 0.475 e. The fourth-order valence-electron chi connectivity index (χ4n) is 4.40. The van der Waals surface area contributed by atoms with E-state index in [2.05, 4.69) is 4.98 Å². The van der Waals surface area contributed by atoms with Gasteiger partial charge in [-0.25, -0.2) is 4.98 Å². The molecular weight excluding hydrogens is 420 g/mol. The molecule has 8 heteroatoms. The Morgan fingerprint density at radius 3 is 2.67 bits per heavy atom. The van der Waals surface area contributed by atoms with Crippen molar-refractivity contribution in [2.45, 2.75) is 59.6 Å². The zero-order valence-electron chi connectivity index (χ0n) is 19.8. The summed E-state index contributed by atoms with van der Waals surface area (Å²) < 4.78 is 13.2. The Labute approximate surface area is 193 Å². The maximum Gasteiger partial charge on any atom is 0.279 e. The van der Waals surface area contributed by atoms with Crippen molar-refractivity contribution in [3.63, 3.8) is 0 Å². The van der Waals surface area contributed by atoms with E-state index >= 15 is 0 Å². The molecule has 0 bridgehead atoms. The highest BCUT2D eigenvalue weighted by molar-refractivity contribution is 5.79. The Morgan fingerprint density at radius 1 is 1.27 bits per heavy atom. The minimum Gasteiger partial charge on any atom is -0.475 e. The highest BCUT2D eigenvalue weighted by Crippen LogP contribution is 2.38. The van der Waals surface area contributed by atoms with Gasteiger partial charge < -0.3 is 9.47 Å². The summed E-state index contributed by atoms with van der Waals surface area (Å²) in [6.07, 6.45) is 1.62. The number of nitrogens with zero attached hydrogens (tertiary/aromatic N) is 4. The molecule has 0 aliphatic carbocycles. The molecule has 0 spiro atoms. The first kappa shape index (κ1) is 22.9. The topological polar surface area (TPSA) is 92.3 Å². The van der Waals surface area contributed by atoms with Gasteiger partial charge >= 0.3 is 0 Å². The lowest BCUT2D eigenvalue weighted by molar-refractivity contribution is -0.384. The minimum atomic E-state index is -0.318. The van der Waals surface area contributed by atoms with Gasteiger partial charge in [0.25, 0.3) is 5.69 Å². The molecule has 0 N–H and O–H groups in total. The highest BCUT2D eigenvalue weighted by atomic mass is 16.6. The fraction of sp³-hybridized carbons (Fsp3) is 0.440. The average molecular weight is 451 g/mol. The Kier molecular flexibility index (Phi) is 6.47. The molecule has 1 aromatic carbocycles. The number of nitro benzene ring substituents is 1. The number of aromatic nitrogens is 3. The van der Waals surface area contributed by atoms with Crippen LogP contribution in [0.3, 0.4) is 0 Å². The maximum absolute atomic E-state index is 12.1. The molecule has 1 aliphatic rings. The molecule has 0 unspecified atom stereocenters. The molecule has 3 heterocycles. The van der Waals surface area contributed by atoms with Crippen LogP contribution in [-0.4, -0.2) is 39.0 Å². The number of nitro groups is 1. The van der Waals surface area contributed by atoms with Crippen LogP contribution in [0.1, 0.15) is 50.2 Å². The molecule has 3 aromatic rings. The van der Waals surface area contributed by atoms with Crippen molar-refractivity contribution < 1.29 is 14.4 Å². The number of hydrogen-bond acceptors (Lipinski definition) is 6. The summed E-state index contributed by atoms with van der Waals surface area (Å²) in [6.45, 7) is 11.1. The van der Waals surface area contributed by atoms with Crippen molar-refractivity contribution in [3.05, 3.63) is 57.4 Å². The Hall–Kier alpha value is -3.26. The van der Waals surface area contributed by atoms with Gasteiger partial charge in [-0.3, -0.25) is 14.8 Å². The number of pyridine rings is 1. The summed E-state index contributed by atoms with van der Waals surface area (Å²) in [4.78, 5) is 16.4. The Balaban J connectivity index is 1.81. The van der Waals surface area contributed by atoms with Crippen LogP contribution < -0.4 is 4.74 Å². The van der Waals surface area contributed by atoms with E-state index in [1.54, 1.807) is 6.07 Å². The lowest BCUT2D eigenvalue weighted by atomic mass is 9.96. The van der Waals surface area contributed by atoms with E-state index in [-0.39, 0.29) is 22.8 Å². The van der Waals surface area contributed by atoms with Gasteiger partial charge in [0, 0.05) is 30.0 Å². The molecule has 1 saturated heterocycles. The van der Waals surface area contributed by atoms with Gasteiger partial charge in [-0.1, -0.05) is 13.0 Å². The van der Waals surface area contributed by atoms with Crippen LogP contribution in [0.5, 0.6) is 5.88 Å². The average Bonchev–Trinajstić information content (AvgIpc) is 3.42. The first-order valence-electron chi connectivity index (χ1n) is 11.4. The predicted octanol–water partition coefficient (Wildman–Crippen LogP) is 5.45. The zero-order valence-corrected chi connectivity index (χ0v) is 19.8. The van der Waals surface area contributed by atoms with Crippen molar-refractivity contribution in [2.75, 3.05) is 13.2 Å². The van der Waals surface area contributed by atoms with Gasteiger partial charge in [0.1, 0.15) is 0 Å². The SMILES string of the molecule is CCc1cc(-c2ccc(-c3c(C)cc(OC(C)C)nc3C)cc2[N+](=O)[O-])n([C@H]2CCOC2)n1. The molecule has 0 radical (unpaired) electrons. The molecule has 8 nitrogen and oxygen atoms in total. The summed E-state index contributed by atoms with van der Waals surface area (Å²) >= 11 is 0. The van der Waals surface area contributed by atoms with Crippen LogP contribution in [0.2, 0.25) is 0 Å². The van der Waals surface area contributed by atoms with E-state index in [1.165, 1.54) is 0 Å². The molecule has 1 atom stereocenters. The maximum atomic E-state index is 12.1. The molecular formula is C25H30N4O4. The molecule has 0 amide bonds. The van der Waals surface area contributed by atoms with Crippen LogP contribution >= 0.6 is 0 Å². The van der Waals surface area contributed by atoms with Gasteiger partial charge in [-0.05, 0) is 63.8 Å². The van der Waals surface area contributed by atoms with Crippen LogP contribution in [0.15, 0.2) is 30.3 Å². The summed E-state index contributed by atoms with van der Waals surface area (Å²) in [7, 11) is 0. The van der Waals surface area contributed by atoms with Crippen LogP contribution in [0.4, 0.5) is 5.69 Å². The lowest BCUT2D eigenvalue weighted by Crippen LogP contribution is -2.12. The van der Waals surface area contributed by atoms with Gasteiger partial charge in [0.05, 0.1) is 40.6 Å². The number of rotatable bonds is 7. The highest BCUT2D eigenvalue weighted by Gasteiger charge is 2.27. The lowest BCUT2D eigenvalue weighted by Gasteiger charge is -2.16. The number of aryl methyl sites for hydroxylation is 3. The minimum absolute atomic E-state index is 0.0191. The van der Waals surface area contributed by atoms with Gasteiger partial charge in [0.15, 0.2) is 0 Å². The molecule has 4 rings (SSSR count). The first-order valence-corrected chi connectivity index (χ1v) is 11.4. The summed E-state index contributed by atoms with van der Waals surface area (Å²) in [5, 5.41) is 16.9. The molecule has 1 aliphatic heterocycles. The van der Waals surface area contributed by atoms with Crippen LogP contribution in [0, 0.1) is 24.0 Å². The third kappa shape index (κ3) is 4.61. The summed E-state index contributed by atoms with van der Waals surface area (Å²) in [6, 6.07) is 9.32. The van der Waals surface area contributed by atoms with E-state index in [9.17, 15) is 10.1 Å². The van der Waals surface area contributed by atoms with Gasteiger partial charge in [0.2, 0.25) is 5.88 Å². The van der Waals surface area contributed by atoms with Crippen molar-refractivity contribution in [2.24, 2.45) is 0 Å². The summed E-state index contributed by atoms with van der Waals surface area (Å²) in [5.41, 5.74) is 5.65. The smallest absolute Gasteiger partial charge is 0.279 e. The third-order valence-corrected chi connectivity index (χ3v) is 5.89. The monoisotopic (exact) mass is 450 g/mol. The fourth-order valence-corrected chi connectivity index (χ4v) is 4.40. The van der Waals surface area contributed by atoms with Crippen LogP contribution in [-0.2, 0) is 11.2 Å². The van der Waals surface area contributed by atoms with Crippen molar-refractivity contribution in [1.29, 1.82) is 0 Å². The number of hydrogen-bond donors (Lipinski definition) is 0. The molecule has 2 aromatic heterocycles. The van der Waals surface area contributed by atoms with E-state index in [1.807, 2.05) is 63.6 Å². The number of ether oxygens (including phenoxy) is 2. The Morgan fingerprint density at radius 2 is 2.06 bits per heavy atom. The second-order valence-electron chi connectivity index (χ2n) is 8.73. The predicted molar refractivity (Wildman–Crippen MR) is 127 cm³/mol. The molecule has 1 fully saturated rings.